The van der Waals surface area contributed by atoms with Crippen LogP contribution in [0.2, 0.25) is 0 Å². The Balaban J connectivity index is 1.82. The second kappa shape index (κ2) is 7.52. The molecule has 2 rings (SSSR count). The molecule has 0 radical (unpaired) electrons. The van der Waals surface area contributed by atoms with Crippen molar-refractivity contribution in [3.63, 3.8) is 0 Å². The van der Waals surface area contributed by atoms with Crippen LogP contribution in [0.4, 0.5) is 0 Å². The molecule has 0 aromatic heterocycles. The molecule has 0 spiro atoms. The van der Waals surface area contributed by atoms with Crippen molar-refractivity contribution >= 4 is 5.91 Å². The fraction of sp³-hybridized carbons (Fsp3) is 0.947. The van der Waals surface area contributed by atoms with Crippen molar-refractivity contribution in [2.45, 2.75) is 83.8 Å². The summed E-state index contributed by atoms with van der Waals surface area (Å²) < 4.78 is 0. The quantitative estimate of drug-likeness (QED) is 0.817. The third-order valence-corrected chi connectivity index (χ3v) is 5.72. The number of nitrogens with one attached hydrogen (secondary N) is 1. The number of carbonyl (C=O) groups excluding carboxylic acids is 1. The van der Waals surface area contributed by atoms with Gasteiger partial charge in [0.25, 0.3) is 0 Å². The lowest BCUT2D eigenvalue weighted by Crippen LogP contribution is -2.56. The van der Waals surface area contributed by atoms with Crippen molar-refractivity contribution < 1.29 is 9.90 Å². The molecule has 1 saturated carbocycles. The van der Waals surface area contributed by atoms with Gasteiger partial charge in [0, 0.05) is 25.2 Å². The largest absolute Gasteiger partial charge is 0.389 e. The summed E-state index contributed by atoms with van der Waals surface area (Å²) in [5.41, 5.74) is -0.797. The van der Waals surface area contributed by atoms with Crippen LogP contribution in [0.1, 0.15) is 72.6 Å². The average Bonchev–Trinajstić information content (AvgIpc) is 2.44. The van der Waals surface area contributed by atoms with E-state index in [0.717, 1.165) is 50.6 Å². The number of amides is 1. The molecule has 2 aliphatic rings. The molecule has 4 heteroatoms. The molecule has 23 heavy (non-hydrogen) atoms. The molecule has 1 amide bonds. The predicted octanol–water partition coefficient (Wildman–Crippen LogP) is 2.94. The molecule has 0 bridgehead atoms. The maximum absolute atomic E-state index is 12.3. The van der Waals surface area contributed by atoms with Gasteiger partial charge in [0.15, 0.2) is 0 Å². The van der Waals surface area contributed by atoms with Crippen LogP contribution in [-0.2, 0) is 4.79 Å². The van der Waals surface area contributed by atoms with Crippen LogP contribution < -0.4 is 5.32 Å². The van der Waals surface area contributed by atoms with Crippen molar-refractivity contribution in [2.24, 2.45) is 11.8 Å². The number of rotatable bonds is 5. The molecule has 2 atom stereocenters. The van der Waals surface area contributed by atoms with Crippen molar-refractivity contribution in [1.29, 1.82) is 0 Å². The molecule has 2 N–H and O–H groups in total. The molecule has 0 aromatic rings. The third kappa shape index (κ3) is 5.46. The highest BCUT2D eigenvalue weighted by molar-refractivity contribution is 5.77. The molecule has 4 nitrogen and oxygen atoms in total. The molecular formula is C19H36N2O2. The highest BCUT2D eigenvalue weighted by atomic mass is 16.3. The number of piperidine rings is 1. The summed E-state index contributed by atoms with van der Waals surface area (Å²) in [5.74, 6) is 1.44. The van der Waals surface area contributed by atoms with Gasteiger partial charge in [0.05, 0.1) is 12.0 Å². The van der Waals surface area contributed by atoms with E-state index in [1.54, 1.807) is 0 Å². The topological polar surface area (TPSA) is 52.6 Å². The Morgan fingerprint density at radius 2 is 1.74 bits per heavy atom. The van der Waals surface area contributed by atoms with E-state index < -0.39 is 5.60 Å². The summed E-state index contributed by atoms with van der Waals surface area (Å²) in [4.78, 5) is 14.8. The maximum atomic E-state index is 12.3. The van der Waals surface area contributed by atoms with E-state index in [1.165, 1.54) is 12.8 Å². The molecule has 1 aliphatic carbocycles. The summed E-state index contributed by atoms with van der Waals surface area (Å²) in [7, 11) is 0. The van der Waals surface area contributed by atoms with Crippen LogP contribution in [0.3, 0.4) is 0 Å². The number of nitrogens with zero attached hydrogens (tertiary/aromatic N) is 1. The first kappa shape index (κ1) is 18.7. The van der Waals surface area contributed by atoms with Gasteiger partial charge >= 0.3 is 0 Å². The van der Waals surface area contributed by atoms with Crippen molar-refractivity contribution in [3.05, 3.63) is 0 Å². The average molecular weight is 325 g/mol. The number of carbonyl (C=O) groups is 1. The lowest BCUT2D eigenvalue weighted by atomic mass is 9.82. The summed E-state index contributed by atoms with van der Waals surface area (Å²) >= 11 is 0. The van der Waals surface area contributed by atoms with Gasteiger partial charge in [-0.25, -0.2) is 0 Å². The minimum Gasteiger partial charge on any atom is -0.389 e. The standard InChI is InChI=1S/C19H36N2O2/c1-15-10-16(2)13-21(12-15)18(3,4)14-20-17(22)11-19(23)8-6-5-7-9-19/h15-16,23H,5-14H2,1-4H3,(H,20,22)/t15-,16+. The van der Waals surface area contributed by atoms with Crippen LogP contribution in [0.15, 0.2) is 0 Å². The first-order valence-corrected chi connectivity index (χ1v) is 9.44. The molecule has 1 saturated heterocycles. The first-order valence-electron chi connectivity index (χ1n) is 9.44. The second-order valence-electron chi connectivity index (χ2n) is 8.90. The Kier molecular flexibility index (Phi) is 6.12. The van der Waals surface area contributed by atoms with E-state index in [2.05, 4.69) is 37.9 Å². The van der Waals surface area contributed by atoms with E-state index in [0.29, 0.717) is 6.54 Å². The minimum absolute atomic E-state index is 0.000538. The Bertz CT molecular complexity index is 392. The minimum atomic E-state index is -0.763. The van der Waals surface area contributed by atoms with Crippen molar-refractivity contribution in [1.82, 2.24) is 10.2 Å². The lowest BCUT2D eigenvalue weighted by Gasteiger charge is -2.45. The van der Waals surface area contributed by atoms with Crippen molar-refractivity contribution in [3.8, 4) is 0 Å². The zero-order chi connectivity index (χ0) is 17.1. The smallest absolute Gasteiger partial charge is 0.222 e. The molecule has 2 fully saturated rings. The van der Waals surface area contributed by atoms with E-state index in [9.17, 15) is 9.90 Å². The molecule has 1 aliphatic heterocycles. The maximum Gasteiger partial charge on any atom is 0.222 e. The number of hydrogen-bond donors (Lipinski definition) is 2. The highest BCUT2D eigenvalue weighted by Crippen LogP contribution is 2.31. The Morgan fingerprint density at radius 1 is 1.17 bits per heavy atom. The van der Waals surface area contributed by atoms with Gasteiger partial charge in [-0.15, -0.1) is 0 Å². The van der Waals surface area contributed by atoms with Crippen LogP contribution in [0, 0.1) is 11.8 Å². The summed E-state index contributed by atoms with van der Waals surface area (Å²) in [6.45, 7) is 11.9. The zero-order valence-electron chi connectivity index (χ0n) is 15.5. The van der Waals surface area contributed by atoms with Gasteiger partial charge in [-0.1, -0.05) is 33.1 Å². The van der Waals surface area contributed by atoms with Gasteiger partial charge in [0.2, 0.25) is 5.91 Å². The number of aliphatic hydroxyl groups is 1. The number of likely N-dealkylation sites (tertiary alicyclic amines) is 1. The normalized spacial score (nSPS) is 29.3. The monoisotopic (exact) mass is 324 g/mol. The molecular weight excluding hydrogens is 288 g/mol. The summed E-state index contributed by atoms with van der Waals surface area (Å²) in [5, 5.41) is 13.6. The van der Waals surface area contributed by atoms with Gasteiger partial charge in [-0.2, -0.15) is 0 Å². The van der Waals surface area contributed by atoms with Crippen LogP contribution in [-0.4, -0.2) is 46.7 Å². The Hall–Kier alpha value is -0.610. The molecule has 0 aromatic carbocycles. The van der Waals surface area contributed by atoms with E-state index >= 15 is 0 Å². The fourth-order valence-electron chi connectivity index (χ4n) is 4.33. The van der Waals surface area contributed by atoms with Gasteiger partial charge in [0.1, 0.15) is 0 Å². The van der Waals surface area contributed by atoms with Gasteiger partial charge in [-0.3, -0.25) is 9.69 Å². The fourth-order valence-corrected chi connectivity index (χ4v) is 4.33. The third-order valence-electron chi connectivity index (χ3n) is 5.72. The first-order chi connectivity index (χ1) is 10.7. The van der Waals surface area contributed by atoms with Crippen LogP contribution in [0.25, 0.3) is 0 Å². The zero-order valence-corrected chi connectivity index (χ0v) is 15.5. The summed E-state index contributed by atoms with van der Waals surface area (Å²) in [6.07, 6.45) is 6.36. The SMILES string of the molecule is C[C@@H]1C[C@H](C)CN(C(C)(C)CNC(=O)CC2(O)CCCCC2)C1. The second-order valence-corrected chi connectivity index (χ2v) is 8.90. The Morgan fingerprint density at radius 3 is 2.30 bits per heavy atom. The Labute approximate surface area is 142 Å². The van der Waals surface area contributed by atoms with Crippen LogP contribution in [0.5, 0.6) is 0 Å². The lowest BCUT2D eigenvalue weighted by molar-refractivity contribution is -0.128. The molecule has 1 heterocycles. The molecule has 0 unspecified atom stereocenters. The van der Waals surface area contributed by atoms with E-state index in [1.807, 2.05) is 0 Å². The van der Waals surface area contributed by atoms with Crippen molar-refractivity contribution in [2.75, 3.05) is 19.6 Å². The van der Waals surface area contributed by atoms with Gasteiger partial charge < -0.3 is 10.4 Å². The number of hydrogen-bond acceptors (Lipinski definition) is 3. The molecule has 134 valence electrons. The van der Waals surface area contributed by atoms with Gasteiger partial charge in [-0.05, 0) is 44.9 Å². The van der Waals surface area contributed by atoms with E-state index in [4.69, 9.17) is 0 Å². The highest BCUT2D eigenvalue weighted by Gasteiger charge is 2.35. The van der Waals surface area contributed by atoms with E-state index in [-0.39, 0.29) is 17.9 Å². The van der Waals surface area contributed by atoms with Crippen LogP contribution >= 0.6 is 0 Å². The summed E-state index contributed by atoms with van der Waals surface area (Å²) in [6, 6.07) is 0. The predicted molar refractivity (Wildman–Crippen MR) is 94.3 cm³/mol.